The average Bonchev–Trinajstić information content (AvgIpc) is 2.78. The van der Waals surface area contributed by atoms with Gasteiger partial charge >= 0.3 is 0 Å². The monoisotopic (exact) mass is 212 g/mol. The van der Waals surface area contributed by atoms with Crippen LogP contribution < -0.4 is 0 Å². The van der Waals surface area contributed by atoms with Crippen molar-refractivity contribution in [2.24, 2.45) is 0 Å². The molecule has 4 heteroatoms. The summed E-state index contributed by atoms with van der Waals surface area (Å²) in [6, 6.07) is 9.34. The minimum absolute atomic E-state index is 0.646. The fourth-order valence-corrected chi connectivity index (χ4v) is 1.47. The predicted molar refractivity (Wildman–Crippen MR) is 60.5 cm³/mol. The first kappa shape index (κ1) is 10.4. The number of aryl methyl sites for hydroxylation is 1. The summed E-state index contributed by atoms with van der Waals surface area (Å²) in [6.45, 7) is 2.10. The van der Waals surface area contributed by atoms with Crippen molar-refractivity contribution in [2.75, 3.05) is 0 Å². The molecule has 0 aliphatic heterocycles. The van der Waals surface area contributed by atoms with Crippen molar-refractivity contribution in [3.8, 4) is 17.5 Å². The van der Waals surface area contributed by atoms with Crippen LogP contribution in [-0.4, -0.2) is 15.2 Å². The lowest BCUT2D eigenvalue weighted by Crippen LogP contribution is -1.85. The average molecular weight is 212 g/mol. The third-order valence-electron chi connectivity index (χ3n) is 2.29. The van der Waals surface area contributed by atoms with E-state index in [0.717, 1.165) is 24.2 Å². The van der Waals surface area contributed by atoms with E-state index in [1.165, 1.54) is 0 Å². The Hall–Kier alpha value is -2.15. The molecule has 1 aromatic carbocycles. The van der Waals surface area contributed by atoms with Gasteiger partial charge < -0.3 is 0 Å². The van der Waals surface area contributed by atoms with Crippen LogP contribution in [0.25, 0.3) is 11.4 Å². The zero-order chi connectivity index (χ0) is 11.4. The van der Waals surface area contributed by atoms with Crippen molar-refractivity contribution in [1.29, 1.82) is 5.26 Å². The Morgan fingerprint density at radius 2 is 2.06 bits per heavy atom. The molecular formula is C12H12N4. The second-order valence-corrected chi connectivity index (χ2v) is 3.54. The van der Waals surface area contributed by atoms with Gasteiger partial charge in [0.05, 0.1) is 11.6 Å². The summed E-state index contributed by atoms with van der Waals surface area (Å²) in [6.07, 6.45) is 1.95. The molecule has 0 spiro atoms. The number of aromatic amines is 1. The van der Waals surface area contributed by atoms with Crippen LogP contribution >= 0.6 is 0 Å². The summed E-state index contributed by atoms with van der Waals surface area (Å²) < 4.78 is 0. The van der Waals surface area contributed by atoms with Crippen molar-refractivity contribution in [3.63, 3.8) is 0 Å². The molecule has 2 aromatic rings. The molecule has 16 heavy (non-hydrogen) atoms. The number of nitrogens with zero attached hydrogens (tertiary/aromatic N) is 3. The lowest BCUT2D eigenvalue weighted by molar-refractivity contribution is 0.841. The van der Waals surface area contributed by atoms with Crippen LogP contribution in [0.15, 0.2) is 24.3 Å². The zero-order valence-corrected chi connectivity index (χ0v) is 9.07. The van der Waals surface area contributed by atoms with Crippen molar-refractivity contribution in [2.45, 2.75) is 19.8 Å². The highest BCUT2D eigenvalue weighted by Gasteiger charge is 2.04. The SMILES string of the molecule is CCCc1nc(-c2ccc(C#N)cc2)n[nH]1. The van der Waals surface area contributed by atoms with Gasteiger partial charge in [-0.05, 0) is 30.7 Å². The topological polar surface area (TPSA) is 65.4 Å². The number of rotatable bonds is 3. The Labute approximate surface area is 94.0 Å². The van der Waals surface area contributed by atoms with Crippen molar-refractivity contribution < 1.29 is 0 Å². The standard InChI is InChI=1S/C12H12N4/c1-2-3-11-14-12(16-15-11)10-6-4-9(8-13)5-7-10/h4-7H,2-3H2,1H3,(H,14,15,16). The largest absolute Gasteiger partial charge is 0.263 e. The minimum atomic E-state index is 0.646. The quantitative estimate of drug-likeness (QED) is 0.848. The Kier molecular flexibility index (Phi) is 2.97. The Morgan fingerprint density at radius 3 is 2.69 bits per heavy atom. The summed E-state index contributed by atoms with van der Waals surface area (Å²) >= 11 is 0. The minimum Gasteiger partial charge on any atom is -0.263 e. The fourth-order valence-electron chi connectivity index (χ4n) is 1.47. The van der Waals surface area contributed by atoms with Crippen molar-refractivity contribution >= 4 is 0 Å². The highest BCUT2D eigenvalue weighted by atomic mass is 15.2. The molecule has 0 fully saturated rings. The molecule has 4 nitrogen and oxygen atoms in total. The van der Waals surface area contributed by atoms with E-state index in [0.29, 0.717) is 11.4 Å². The predicted octanol–water partition coefficient (Wildman–Crippen LogP) is 2.30. The molecule has 0 saturated heterocycles. The zero-order valence-electron chi connectivity index (χ0n) is 9.07. The summed E-state index contributed by atoms with van der Waals surface area (Å²) in [5, 5.41) is 15.7. The maximum Gasteiger partial charge on any atom is 0.181 e. The van der Waals surface area contributed by atoms with Crippen LogP contribution in [-0.2, 0) is 6.42 Å². The molecule has 1 aromatic heterocycles. The van der Waals surface area contributed by atoms with Gasteiger partial charge in [0.25, 0.3) is 0 Å². The highest BCUT2D eigenvalue weighted by Crippen LogP contribution is 2.15. The number of aromatic nitrogens is 3. The first-order valence-corrected chi connectivity index (χ1v) is 5.25. The van der Waals surface area contributed by atoms with Crippen molar-refractivity contribution in [1.82, 2.24) is 15.2 Å². The van der Waals surface area contributed by atoms with Crippen LogP contribution in [0.5, 0.6) is 0 Å². The van der Waals surface area contributed by atoms with Gasteiger partial charge in [-0.15, -0.1) is 0 Å². The summed E-state index contributed by atoms with van der Waals surface area (Å²) in [7, 11) is 0. The lowest BCUT2D eigenvalue weighted by atomic mass is 10.1. The van der Waals surface area contributed by atoms with E-state index in [1.807, 2.05) is 12.1 Å². The van der Waals surface area contributed by atoms with Gasteiger partial charge in [-0.25, -0.2) is 4.98 Å². The van der Waals surface area contributed by atoms with E-state index in [1.54, 1.807) is 12.1 Å². The van der Waals surface area contributed by atoms with Gasteiger partial charge in [0.1, 0.15) is 5.82 Å². The summed E-state index contributed by atoms with van der Waals surface area (Å²) in [5.74, 6) is 1.59. The third-order valence-corrected chi connectivity index (χ3v) is 2.29. The van der Waals surface area contributed by atoms with Crippen LogP contribution in [0.1, 0.15) is 24.7 Å². The molecular weight excluding hydrogens is 200 g/mol. The summed E-state index contributed by atoms with van der Waals surface area (Å²) in [4.78, 5) is 4.38. The molecule has 0 aliphatic carbocycles. The van der Waals surface area contributed by atoms with Crippen LogP contribution in [0.2, 0.25) is 0 Å². The van der Waals surface area contributed by atoms with Gasteiger partial charge in [-0.1, -0.05) is 6.92 Å². The van der Waals surface area contributed by atoms with Gasteiger partial charge in [-0.3, -0.25) is 5.10 Å². The molecule has 0 aliphatic rings. The summed E-state index contributed by atoms with van der Waals surface area (Å²) in [5.41, 5.74) is 1.57. The van der Waals surface area contributed by atoms with Gasteiger partial charge in [0.2, 0.25) is 0 Å². The van der Waals surface area contributed by atoms with Gasteiger partial charge in [-0.2, -0.15) is 10.4 Å². The van der Waals surface area contributed by atoms with Crippen LogP contribution in [0.4, 0.5) is 0 Å². The van der Waals surface area contributed by atoms with Crippen LogP contribution in [0, 0.1) is 11.3 Å². The number of H-pyrrole nitrogens is 1. The van der Waals surface area contributed by atoms with E-state index in [2.05, 4.69) is 28.2 Å². The molecule has 1 heterocycles. The second kappa shape index (κ2) is 4.58. The first-order chi connectivity index (χ1) is 7.83. The molecule has 0 saturated carbocycles. The molecule has 0 amide bonds. The van der Waals surface area contributed by atoms with Gasteiger partial charge in [0, 0.05) is 12.0 Å². The van der Waals surface area contributed by atoms with Gasteiger partial charge in [0.15, 0.2) is 5.82 Å². The lowest BCUT2D eigenvalue weighted by Gasteiger charge is -1.94. The normalized spacial score (nSPS) is 10.0. The molecule has 0 unspecified atom stereocenters. The van der Waals surface area contributed by atoms with Crippen molar-refractivity contribution in [3.05, 3.63) is 35.7 Å². The van der Waals surface area contributed by atoms with E-state index in [4.69, 9.17) is 5.26 Å². The fraction of sp³-hybridized carbons (Fsp3) is 0.250. The first-order valence-electron chi connectivity index (χ1n) is 5.25. The number of nitrogens with one attached hydrogen (secondary N) is 1. The van der Waals surface area contributed by atoms with E-state index in [9.17, 15) is 0 Å². The number of hydrogen-bond acceptors (Lipinski definition) is 3. The van der Waals surface area contributed by atoms with E-state index < -0.39 is 0 Å². The highest BCUT2D eigenvalue weighted by molar-refractivity contribution is 5.55. The number of nitriles is 1. The molecule has 0 bridgehead atoms. The third kappa shape index (κ3) is 2.09. The molecule has 1 N–H and O–H groups in total. The maximum atomic E-state index is 8.69. The molecule has 0 radical (unpaired) electrons. The maximum absolute atomic E-state index is 8.69. The smallest absolute Gasteiger partial charge is 0.181 e. The number of hydrogen-bond donors (Lipinski definition) is 1. The van der Waals surface area contributed by atoms with E-state index >= 15 is 0 Å². The molecule has 0 atom stereocenters. The second-order valence-electron chi connectivity index (χ2n) is 3.54. The molecule has 80 valence electrons. The Bertz CT molecular complexity index is 505. The van der Waals surface area contributed by atoms with Crippen LogP contribution in [0.3, 0.4) is 0 Å². The Morgan fingerprint density at radius 1 is 1.31 bits per heavy atom. The van der Waals surface area contributed by atoms with E-state index in [-0.39, 0.29) is 0 Å². The Balaban J connectivity index is 2.25. The number of benzene rings is 1. The molecule has 2 rings (SSSR count).